The van der Waals surface area contributed by atoms with Crippen molar-refractivity contribution in [2.24, 2.45) is 0 Å². The number of nitrogens with zero attached hydrogens (tertiary/aromatic N) is 1. The molecule has 0 atom stereocenters. The van der Waals surface area contributed by atoms with E-state index in [1.807, 2.05) is 0 Å². The third-order valence-corrected chi connectivity index (χ3v) is 3.39. The van der Waals surface area contributed by atoms with Gasteiger partial charge in [0, 0.05) is 31.7 Å². The smallest absolute Gasteiger partial charge is 0.313 e. The number of benzene rings is 1. The normalized spacial score (nSPS) is 14.0. The van der Waals surface area contributed by atoms with Crippen LogP contribution in [0.15, 0.2) is 24.3 Å². The van der Waals surface area contributed by atoms with E-state index in [0.717, 1.165) is 13.0 Å². The van der Waals surface area contributed by atoms with Gasteiger partial charge in [-0.05, 0) is 37.1 Å². The predicted octanol–water partition coefficient (Wildman–Crippen LogP) is 0.459. The summed E-state index contributed by atoms with van der Waals surface area (Å²) in [5.41, 5.74) is 0.431. The van der Waals surface area contributed by atoms with Crippen LogP contribution in [0.1, 0.15) is 19.3 Å². The highest BCUT2D eigenvalue weighted by Crippen LogP contribution is 2.13. The summed E-state index contributed by atoms with van der Waals surface area (Å²) >= 11 is 0. The van der Waals surface area contributed by atoms with Crippen molar-refractivity contribution in [3.8, 4) is 5.75 Å². The Hall–Kier alpha value is -2.57. The topological polar surface area (TPSA) is 98.7 Å². The van der Waals surface area contributed by atoms with E-state index in [2.05, 4.69) is 10.6 Å². The van der Waals surface area contributed by atoms with E-state index in [1.165, 1.54) is 24.3 Å². The number of rotatable bonds is 5. The predicted molar refractivity (Wildman–Crippen MR) is 80.2 cm³/mol. The standard InChI is InChI=1S/C15H19N3O4/c19-12-6-4-11(5-7-12)17-15(22)14(21)16-8-2-10-18-9-1-3-13(18)20/h4-7,19H,1-3,8-10H2,(H,16,21)(H,17,22). The molecule has 3 amide bonds. The number of likely N-dealkylation sites (tertiary alicyclic amines) is 1. The van der Waals surface area contributed by atoms with Crippen LogP contribution >= 0.6 is 0 Å². The number of nitrogens with one attached hydrogen (secondary N) is 2. The molecule has 0 bridgehead atoms. The minimum absolute atomic E-state index is 0.0823. The molecule has 0 saturated carbocycles. The van der Waals surface area contributed by atoms with Gasteiger partial charge < -0.3 is 20.6 Å². The average Bonchev–Trinajstić information content (AvgIpc) is 2.91. The summed E-state index contributed by atoms with van der Waals surface area (Å²) in [6.07, 6.45) is 2.10. The molecule has 1 saturated heterocycles. The van der Waals surface area contributed by atoms with Gasteiger partial charge in [-0.3, -0.25) is 14.4 Å². The number of hydrogen-bond acceptors (Lipinski definition) is 4. The molecule has 1 fully saturated rings. The van der Waals surface area contributed by atoms with E-state index >= 15 is 0 Å². The van der Waals surface area contributed by atoms with E-state index < -0.39 is 11.8 Å². The zero-order chi connectivity index (χ0) is 15.9. The third-order valence-electron chi connectivity index (χ3n) is 3.39. The van der Waals surface area contributed by atoms with Crippen LogP contribution in [0.5, 0.6) is 5.75 Å². The van der Waals surface area contributed by atoms with Gasteiger partial charge in [0.25, 0.3) is 0 Å². The summed E-state index contributed by atoms with van der Waals surface area (Å²) in [5.74, 6) is -1.25. The van der Waals surface area contributed by atoms with Crippen molar-refractivity contribution in [2.45, 2.75) is 19.3 Å². The first kappa shape index (κ1) is 15.8. The van der Waals surface area contributed by atoms with E-state index in [4.69, 9.17) is 5.11 Å². The fraction of sp³-hybridized carbons (Fsp3) is 0.400. The Morgan fingerprint density at radius 3 is 2.55 bits per heavy atom. The highest BCUT2D eigenvalue weighted by molar-refractivity contribution is 6.39. The van der Waals surface area contributed by atoms with E-state index in [0.29, 0.717) is 31.6 Å². The molecule has 1 aliphatic rings. The Bertz CT molecular complexity index is 556. The Morgan fingerprint density at radius 1 is 1.18 bits per heavy atom. The first-order chi connectivity index (χ1) is 10.6. The van der Waals surface area contributed by atoms with Crippen molar-refractivity contribution in [2.75, 3.05) is 25.0 Å². The number of amides is 3. The fourth-order valence-corrected chi connectivity index (χ4v) is 2.23. The molecule has 0 aromatic heterocycles. The molecule has 3 N–H and O–H groups in total. The van der Waals surface area contributed by atoms with Gasteiger partial charge in [-0.25, -0.2) is 0 Å². The molecule has 1 aliphatic heterocycles. The largest absolute Gasteiger partial charge is 0.508 e. The number of anilines is 1. The number of hydrogen-bond donors (Lipinski definition) is 3. The van der Waals surface area contributed by atoms with Crippen molar-refractivity contribution in [1.82, 2.24) is 10.2 Å². The molecule has 2 rings (SSSR count). The summed E-state index contributed by atoms with van der Waals surface area (Å²) in [4.78, 5) is 36.4. The maximum atomic E-state index is 11.6. The molecule has 0 aliphatic carbocycles. The van der Waals surface area contributed by atoms with E-state index in [9.17, 15) is 14.4 Å². The van der Waals surface area contributed by atoms with Crippen LogP contribution in [0.2, 0.25) is 0 Å². The van der Waals surface area contributed by atoms with Gasteiger partial charge in [0.05, 0.1) is 0 Å². The minimum atomic E-state index is -0.761. The van der Waals surface area contributed by atoms with Crippen molar-refractivity contribution in [1.29, 1.82) is 0 Å². The van der Waals surface area contributed by atoms with Gasteiger partial charge in [0.1, 0.15) is 5.75 Å². The molecule has 1 aromatic carbocycles. The van der Waals surface area contributed by atoms with Gasteiger partial charge in [-0.15, -0.1) is 0 Å². The lowest BCUT2D eigenvalue weighted by Crippen LogP contribution is -2.37. The fourth-order valence-electron chi connectivity index (χ4n) is 2.23. The molecule has 118 valence electrons. The van der Waals surface area contributed by atoms with Crippen LogP contribution in [-0.4, -0.2) is 47.4 Å². The van der Waals surface area contributed by atoms with Crippen molar-refractivity contribution in [3.05, 3.63) is 24.3 Å². The Labute approximate surface area is 128 Å². The average molecular weight is 305 g/mol. The van der Waals surface area contributed by atoms with Crippen molar-refractivity contribution in [3.63, 3.8) is 0 Å². The van der Waals surface area contributed by atoms with Crippen LogP contribution in [0, 0.1) is 0 Å². The monoisotopic (exact) mass is 305 g/mol. The lowest BCUT2D eigenvalue weighted by molar-refractivity contribution is -0.136. The first-order valence-electron chi connectivity index (χ1n) is 7.22. The van der Waals surface area contributed by atoms with E-state index in [1.54, 1.807) is 4.90 Å². The Morgan fingerprint density at radius 2 is 1.91 bits per heavy atom. The number of phenols is 1. The van der Waals surface area contributed by atoms with Gasteiger partial charge >= 0.3 is 11.8 Å². The molecule has 22 heavy (non-hydrogen) atoms. The molecule has 1 aromatic rings. The second-order valence-corrected chi connectivity index (χ2v) is 5.09. The Kier molecular flexibility index (Phi) is 5.35. The lowest BCUT2D eigenvalue weighted by atomic mass is 10.3. The molecular weight excluding hydrogens is 286 g/mol. The van der Waals surface area contributed by atoms with Crippen LogP contribution in [0.4, 0.5) is 5.69 Å². The maximum Gasteiger partial charge on any atom is 0.313 e. The number of aromatic hydroxyl groups is 1. The number of phenolic OH excluding ortho intramolecular Hbond substituents is 1. The van der Waals surface area contributed by atoms with Crippen LogP contribution in [0.3, 0.4) is 0 Å². The minimum Gasteiger partial charge on any atom is -0.508 e. The first-order valence-corrected chi connectivity index (χ1v) is 7.22. The zero-order valence-corrected chi connectivity index (χ0v) is 12.2. The highest BCUT2D eigenvalue weighted by atomic mass is 16.3. The maximum absolute atomic E-state index is 11.6. The summed E-state index contributed by atoms with van der Waals surface area (Å²) in [7, 11) is 0. The van der Waals surface area contributed by atoms with Crippen molar-refractivity contribution < 1.29 is 19.5 Å². The van der Waals surface area contributed by atoms with Crippen LogP contribution in [0.25, 0.3) is 0 Å². The quantitative estimate of drug-likeness (QED) is 0.418. The van der Waals surface area contributed by atoms with Crippen molar-refractivity contribution >= 4 is 23.4 Å². The second kappa shape index (κ2) is 7.44. The van der Waals surface area contributed by atoms with Gasteiger partial charge in [0.15, 0.2) is 0 Å². The summed E-state index contributed by atoms with van der Waals surface area (Å²) in [6, 6.07) is 5.83. The molecule has 0 spiro atoms. The van der Waals surface area contributed by atoms with Gasteiger partial charge in [-0.2, -0.15) is 0 Å². The third kappa shape index (κ3) is 4.47. The molecule has 0 unspecified atom stereocenters. The molecule has 1 heterocycles. The highest BCUT2D eigenvalue weighted by Gasteiger charge is 2.19. The van der Waals surface area contributed by atoms with Crippen LogP contribution < -0.4 is 10.6 Å². The Balaban J connectivity index is 1.67. The van der Waals surface area contributed by atoms with Gasteiger partial charge in [-0.1, -0.05) is 0 Å². The molecular formula is C15H19N3O4. The molecule has 0 radical (unpaired) electrons. The molecule has 7 heteroatoms. The summed E-state index contributed by atoms with van der Waals surface area (Å²) in [5, 5.41) is 14.1. The zero-order valence-electron chi connectivity index (χ0n) is 12.2. The van der Waals surface area contributed by atoms with Gasteiger partial charge in [0.2, 0.25) is 5.91 Å². The second-order valence-electron chi connectivity index (χ2n) is 5.09. The SMILES string of the molecule is O=C(NCCCN1CCCC1=O)C(=O)Nc1ccc(O)cc1. The number of carbonyl (C=O) groups excluding carboxylic acids is 3. The molecule has 7 nitrogen and oxygen atoms in total. The lowest BCUT2D eigenvalue weighted by Gasteiger charge is -2.15. The number of carbonyl (C=O) groups is 3. The summed E-state index contributed by atoms with van der Waals surface area (Å²) in [6.45, 7) is 1.71. The summed E-state index contributed by atoms with van der Waals surface area (Å²) < 4.78 is 0. The van der Waals surface area contributed by atoms with Crippen LogP contribution in [-0.2, 0) is 14.4 Å². The van der Waals surface area contributed by atoms with E-state index in [-0.39, 0.29) is 11.7 Å².